The van der Waals surface area contributed by atoms with Crippen molar-refractivity contribution in [2.24, 2.45) is 5.92 Å². The summed E-state index contributed by atoms with van der Waals surface area (Å²) in [6.07, 6.45) is 1.26. The fourth-order valence-electron chi connectivity index (χ4n) is 2.65. The molecular formula is C15H21I2N2NaO. The Morgan fingerprint density at radius 1 is 1.38 bits per heavy atom. The maximum Gasteiger partial charge on any atom is 1.00 e. The van der Waals surface area contributed by atoms with Crippen molar-refractivity contribution in [2.75, 3.05) is 19.6 Å². The molecule has 3 nitrogen and oxygen atoms in total. The van der Waals surface area contributed by atoms with E-state index in [4.69, 9.17) is 0 Å². The van der Waals surface area contributed by atoms with Gasteiger partial charge < -0.3 is 15.3 Å². The summed E-state index contributed by atoms with van der Waals surface area (Å²) in [5.41, 5.74) is 0.889. The van der Waals surface area contributed by atoms with Gasteiger partial charge in [0.05, 0.1) is 0 Å². The molecule has 1 saturated heterocycles. The first-order valence-corrected chi connectivity index (χ1v) is 9.23. The van der Waals surface area contributed by atoms with E-state index in [0.717, 1.165) is 19.2 Å². The minimum atomic E-state index is 0. The second-order valence-electron chi connectivity index (χ2n) is 5.75. The summed E-state index contributed by atoms with van der Waals surface area (Å²) in [4.78, 5) is 2.53. The Balaban J connectivity index is 0.00000220. The Hall–Kier alpha value is 1.40. The largest absolute Gasteiger partial charge is 1.00 e. The molecule has 1 fully saturated rings. The van der Waals surface area contributed by atoms with Gasteiger partial charge in [-0.25, -0.2) is 0 Å². The molecule has 1 heterocycles. The molecule has 0 spiro atoms. The first kappa shape index (κ1) is 20.4. The van der Waals surface area contributed by atoms with Crippen LogP contribution in [0.15, 0.2) is 12.1 Å². The van der Waals surface area contributed by atoms with Gasteiger partial charge in [0.2, 0.25) is 0 Å². The van der Waals surface area contributed by atoms with Crippen molar-refractivity contribution in [3.8, 4) is 5.75 Å². The van der Waals surface area contributed by atoms with E-state index in [-0.39, 0.29) is 35.3 Å². The molecule has 112 valence electrons. The zero-order valence-corrected chi connectivity index (χ0v) is 19.3. The van der Waals surface area contributed by atoms with Crippen LogP contribution in [0.3, 0.4) is 0 Å². The fraction of sp³-hybridized carbons (Fsp3) is 0.600. The predicted octanol–water partition coefficient (Wildman–Crippen LogP) is -0.207. The van der Waals surface area contributed by atoms with Gasteiger partial charge in [-0.2, -0.15) is 0 Å². The van der Waals surface area contributed by atoms with E-state index < -0.39 is 0 Å². The van der Waals surface area contributed by atoms with Gasteiger partial charge >= 0.3 is 29.6 Å². The molecule has 21 heavy (non-hydrogen) atoms. The van der Waals surface area contributed by atoms with Crippen LogP contribution in [-0.4, -0.2) is 30.6 Å². The van der Waals surface area contributed by atoms with Gasteiger partial charge in [0.15, 0.2) is 0 Å². The molecule has 1 aromatic rings. The molecule has 1 aliphatic rings. The van der Waals surface area contributed by atoms with Crippen LogP contribution in [0.1, 0.15) is 25.8 Å². The Morgan fingerprint density at radius 3 is 2.71 bits per heavy atom. The number of halogens is 2. The fourth-order valence-corrected chi connectivity index (χ4v) is 4.62. The quantitative estimate of drug-likeness (QED) is 0.431. The summed E-state index contributed by atoms with van der Waals surface area (Å²) in [5, 5.41) is 15.5. The monoisotopic (exact) mass is 522 g/mol. The van der Waals surface area contributed by atoms with E-state index in [2.05, 4.69) is 69.2 Å². The molecule has 2 rings (SSSR count). The van der Waals surface area contributed by atoms with Crippen molar-refractivity contribution < 1.29 is 34.7 Å². The first-order valence-electron chi connectivity index (χ1n) is 7.07. The predicted molar refractivity (Wildman–Crippen MR) is 97.8 cm³/mol. The van der Waals surface area contributed by atoms with Gasteiger partial charge in [-0.15, -0.1) is 0 Å². The second kappa shape index (κ2) is 9.64. The standard InChI is InChI=1S/C15H22I2N2O.Na/c1-10(2)19-4-3-11(9-19)7-18-8-12-5-13(16)6-14(17)15(12)20;/h5-6,10-11,18,20H,3-4,7-9H2,1-2H3;/q;+1/p-1. The Bertz CT molecular complexity index is 471. The number of benzene rings is 1. The number of nitrogens with one attached hydrogen (secondary N) is 1. The van der Waals surface area contributed by atoms with Crippen molar-refractivity contribution >= 4 is 45.2 Å². The summed E-state index contributed by atoms with van der Waals surface area (Å²) < 4.78 is 1.95. The van der Waals surface area contributed by atoms with Gasteiger partial charge in [-0.05, 0) is 102 Å². The molecule has 0 saturated carbocycles. The third-order valence-corrected chi connectivity index (χ3v) is 5.31. The molecule has 1 aromatic carbocycles. The van der Waals surface area contributed by atoms with Gasteiger partial charge in [-0.3, -0.25) is 0 Å². The average Bonchev–Trinajstić information content (AvgIpc) is 2.84. The number of hydrogen-bond acceptors (Lipinski definition) is 3. The SMILES string of the molecule is CC(C)N1CCC(CNCc2cc(I)cc(I)c2[O-])C1.[Na+]. The van der Waals surface area contributed by atoms with Crippen molar-refractivity contribution in [3.05, 3.63) is 24.8 Å². The van der Waals surface area contributed by atoms with Crippen molar-refractivity contribution in [3.63, 3.8) is 0 Å². The topological polar surface area (TPSA) is 38.3 Å². The van der Waals surface area contributed by atoms with E-state index in [0.29, 0.717) is 18.5 Å². The first-order chi connectivity index (χ1) is 9.47. The van der Waals surface area contributed by atoms with Crippen LogP contribution in [0, 0.1) is 13.1 Å². The molecule has 0 aromatic heterocycles. The van der Waals surface area contributed by atoms with E-state index >= 15 is 0 Å². The smallest absolute Gasteiger partial charge is 0.872 e. The van der Waals surface area contributed by atoms with Crippen LogP contribution < -0.4 is 40.0 Å². The van der Waals surface area contributed by atoms with Crippen molar-refractivity contribution in [1.29, 1.82) is 0 Å². The van der Waals surface area contributed by atoms with Crippen LogP contribution in [-0.2, 0) is 6.54 Å². The second-order valence-corrected chi connectivity index (χ2v) is 8.16. The maximum absolute atomic E-state index is 12.0. The summed E-state index contributed by atoms with van der Waals surface area (Å²) in [6.45, 7) is 8.59. The Morgan fingerprint density at radius 2 is 2.10 bits per heavy atom. The van der Waals surface area contributed by atoms with Gasteiger partial charge in [0, 0.05) is 26.3 Å². The van der Waals surface area contributed by atoms with Gasteiger partial charge in [-0.1, -0.05) is 5.75 Å². The number of nitrogens with zero attached hydrogens (tertiary/aromatic N) is 1. The van der Waals surface area contributed by atoms with Crippen LogP contribution in [0.5, 0.6) is 5.75 Å². The number of rotatable bonds is 5. The van der Waals surface area contributed by atoms with Crippen LogP contribution in [0.4, 0.5) is 0 Å². The molecule has 0 bridgehead atoms. The number of hydrogen-bond donors (Lipinski definition) is 1. The average molecular weight is 522 g/mol. The molecule has 0 amide bonds. The summed E-state index contributed by atoms with van der Waals surface area (Å²) in [6, 6.07) is 4.57. The van der Waals surface area contributed by atoms with E-state index in [1.165, 1.54) is 19.5 Å². The van der Waals surface area contributed by atoms with Crippen LogP contribution >= 0.6 is 45.2 Å². The molecule has 1 N–H and O–H groups in total. The summed E-state index contributed by atoms with van der Waals surface area (Å²) >= 11 is 4.39. The summed E-state index contributed by atoms with van der Waals surface area (Å²) in [7, 11) is 0. The van der Waals surface area contributed by atoms with Crippen LogP contribution in [0.25, 0.3) is 0 Å². The molecule has 6 heteroatoms. The van der Waals surface area contributed by atoms with E-state index in [9.17, 15) is 5.11 Å². The zero-order valence-electron chi connectivity index (χ0n) is 13.0. The molecule has 0 radical (unpaired) electrons. The Labute approximate surface area is 177 Å². The van der Waals surface area contributed by atoms with Crippen LogP contribution in [0.2, 0.25) is 0 Å². The molecule has 1 atom stereocenters. The zero-order chi connectivity index (χ0) is 14.7. The number of likely N-dealkylation sites (tertiary alicyclic amines) is 1. The molecular weight excluding hydrogens is 501 g/mol. The molecule has 1 unspecified atom stereocenters. The molecule has 1 aliphatic heterocycles. The summed E-state index contributed by atoms with van der Waals surface area (Å²) in [5.74, 6) is 0.892. The Kier molecular flexibility index (Phi) is 9.38. The third kappa shape index (κ3) is 6.08. The third-order valence-electron chi connectivity index (χ3n) is 3.88. The normalized spacial score (nSPS) is 19.0. The minimum Gasteiger partial charge on any atom is -0.872 e. The van der Waals surface area contributed by atoms with Gasteiger partial charge in [0.1, 0.15) is 0 Å². The minimum absolute atomic E-state index is 0. The van der Waals surface area contributed by atoms with Gasteiger partial charge in [0.25, 0.3) is 0 Å². The van der Waals surface area contributed by atoms with E-state index in [1.807, 2.05) is 12.1 Å². The van der Waals surface area contributed by atoms with Crippen molar-refractivity contribution in [2.45, 2.75) is 32.9 Å². The molecule has 0 aliphatic carbocycles. The van der Waals surface area contributed by atoms with E-state index in [1.54, 1.807) is 0 Å². The van der Waals surface area contributed by atoms with Crippen molar-refractivity contribution in [1.82, 2.24) is 10.2 Å². The maximum atomic E-state index is 12.0.